The standard InChI is InChI=1S/C8H13NO/c1-4-5-9-8(10)6-7(2)3/h5-6H,4H2,1-3H3. The number of nitrogens with zero attached hydrogens (tertiary/aromatic N) is 1. The van der Waals surface area contributed by atoms with Crippen LogP contribution in [0.15, 0.2) is 16.6 Å². The SMILES string of the molecule is CCC=NC(=O)C=C(C)C. The number of carbonyl (C=O) groups is 1. The van der Waals surface area contributed by atoms with Gasteiger partial charge in [0.15, 0.2) is 0 Å². The summed E-state index contributed by atoms with van der Waals surface area (Å²) in [5, 5.41) is 0. The predicted molar refractivity (Wildman–Crippen MR) is 43.2 cm³/mol. The van der Waals surface area contributed by atoms with E-state index in [1.165, 1.54) is 6.08 Å². The summed E-state index contributed by atoms with van der Waals surface area (Å²) in [6, 6.07) is 0. The number of aliphatic imine (C=N–C) groups is 1. The molecule has 56 valence electrons. The normalized spacial score (nSPS) is 9.90. The third-order valence-electron chi connectivity index (χ3n) is 0.813. The van der Waals surface area contributed by atoms with Crippen LogP contribution in [0.1, 0.15) is 27.2 Å². The quantitative estimate of drug-likeness (QED) is 0.424. The first-order valence-corrected chi connectivity index (χ1v) is 3.38. The van der Waals surface area contributed by atoms with Gasteiger partial charge in [-0.3, -0.25) is 4.79 Å². The summed E-state index contributed by atoms with van der Waals surface area (Å²) in [6.45, 7) is 5.69. The molecule has 0 aromatic rings. The zero-order chi connectivity index (χ0) is 7.98. The average molecular weight is 139 g/mol. The number of amides is 1. The van der Waals surface area contributed by atoms with Crippen LogP contribution >= 0.6 is 0 Å². The van der Waals surface area contributed by atoms with Crippen molar-refractivity contribution in [2.24, 2.45) is 4.99 Å². The second kappa shape index (κ2) is 4.91. The number of hydrogen-bond donors (Lipinski definition) is 0. The van der Waals surface area contributed by atoms with E-state index >= 15 is 0 Å². The second-order valence-electron chi connectivity index (χ2n) is 2.28. The Morgan fingerprint density at radius 3 is 2.50 bits per heavy atom. The van der Waals surface area contributed by atoms with E-state index in [0.717, 1.165) is 12.0 Å². The number of allylic oxidation sites excluding steroid dienone is 1. The molecule has 0 radical (unpaired) electrons. The molecule has 0 aliphatic heterocycles. The summed E-state index contributed by atoms with van der Waals surface area (Å²) in [7, 11) is 0. The minimum Gasteiger partial charge on any atom is -0.267 e. The maximum atomic E-state index is 10.7. The lowest BCUT2D eigenvalue weighted by molar-refractivity contribution is -0.113. The van der Waals surface area contributed by atoms with E-state index in [-0.39, 0.29) is 5.91 Å². The smallest absolute Gasteiger partial charge is 0.267 e. The summed E-state index contributed by atoms with van der Waals surface area (Å²) < 4.78 is 0. The van der Waals surface area contributed by atoms with Crippen molar-refractivity contribution in [3.63, 3.8) is 0 Å². The molecule has 10 heavy (non-hydrogen) atoms. The fourth-order valence-electron chi connectivity index (χ4n) is 0.465. The lowest BCUT2D eigenvalue weighted by atomic mass is 10.3. The molecule has 0 aromatic carbocycles. The van der Waals surface area contributed by atoms with Crippen molar-refractivity contribution in [3.8, 4) is 0 Å². The van der Waals surface area contributed by atoms with Gasteiger partial charge in [0.2, 0.25) is 0 Å². The molecule has 0 N–H and O–H groups in total. The summed E-state index contributed by atoms with van der Waals surface area (Å²) >= 11 is 0. The van der Waals surface area contributed by atoms with Gasteiger partial charge in [0.1, 0.15) is 0 Å². The van der Waals surface area contributed by atoms with Crippen LogP contribution in [0.5, 0.6) is 0 Å². The minimum atomic E-state index is -0.165. The molecule has 2 nitrogen and oxygen atoms in total. The van der Waals surface area contributed by atoms with Crippen molar-refractivity contribution in [2.75, 3.05) is 0 Å². The Hall–Kier alpha value is -0.920. The van der Waals surface area contributed by atoms with Crippen LogP contribution in [-0.4, -0.2) is 12.1 Å². The summed E-state index contributed by atoms with van der Waals surface area (Å²) in [4.78, 5) is 14.4. The van der Waals surface area contributed by atoms with Gasteiger partial charge in [-0.1, -0.05) is 12.5 Å². The summed E-state index contributed by atoms with van der Waals surface area (Å²) in [6.07, 6.45) is 3.94. The van der Waals surface area contributed by atoms with Crippen LogP contribution in [0.3, 0.4) is 0 Å². The highest BCUT2D eigenvalue weighted by atomic mass is 16.1. The van der Waals surface area contributed by atoms with Crippen LogP contribution in [0, 0.1) is 0 Å². The Morgan fingerprint density at radius 2 is 2.10 bits per heavy atom. The van der Waals surface area contributed by atoms with Gasteiger partial charge in [-0.05, 0) is 20.3 Å². The van der Waals surface area contributed by atoms with E-state index in [4.69, 9.17) is 0 Å². The molecule has 0 unspecified atom stereocenters. The van der Waals surface area contributed by atoms with Crippen LogP contribution in [0.4, 0.5) is 0 Å². The first kappa shape index (κ1) is 9.08. The zero-order valence-corrected chi connectivity index (χ0v) is 6.72. The third-order valence-corrected chi connectivity index (χ3v) is 0.813. The highest BCUT2D eigenvalue weighted by Crippen LogP contribution is 1.89. The Kier molecular flexibility index (Phi) is 4.46. The summed E-state index contributed by atoms with van der Waals surface area (Å²) in [5.74, 6) is -0.165. The molecule has 0 fully saturated rings. The van der Waals surface area contributed by atoms with Crippen molar-refractivity contribution < 1.29 is 4.79 Å². The number of rotatable bonds is 2. The van der Waals surface area contributed by atoms with Crippen molar-refractivity contribution in [1.29, 1.82) is 0 Å². The Bertz CT molecular complexity index is 164. The first-order valence-electron chi connectivity index (χ1n) is 3.38. The van der Waals surface area contributed by atoms with Gasteiger partial charge in [-0.15, -0.1) is 0 Å². The number of carbonyl (C=O) groups excluding carboxylic acids is 1. The second-order valence-corrected chi connectivity index (χ2v) is 2.28. The number of hydrogen-bond acceptors (Lipinski definition) is 1. The maximum absolute atomic E-state index is 10.7. The molecular weight excluding hydrogens is 126 g/mol. The molecule has 0 aromatic heterocycles. The summed E-state index contributed by atoms with van der Waals surface area (Å²) in [5.41, 5.74) is 0.984. The van der Waals surface area contributed by atoms with Crippen molar-refractivity contribution >= 4 is 12.1 Å². The highest BCUT2D eigenvalue weighted by molar-refractivity contribution is 5.93. The molecule has 0 aliphatic carbocycles. The van der Waals surface area contributed by atoms with E-state index in [1.54, 1.807) is 6.21 Å². The van der Waals surface area contributed by atoms with Crippen molar-refractivity contribution in [1.82, 2.24) is 0 Å². The minimum absolute atomic E-state index is 0.165. The predicted octanol–water partition coefficient (Wildman–Crippen LogP) is 1.96. The Morgan fingerprint density at radius 1 is 1.50 bits per heavy atom. The lowest BCUT2D eigenvalue weighted by Gasteiger charge is -1.84. The van der Waals surface area contributed by atoms with Crippen molar-refractivity contribution in [2.45, 2.75) is 27.2 Å². The monoisotopic (exact) mass is 139 g/mol. The van der Waals surface area contributed by atoms with E-state index in [0.29, 0.717) is 0 Å². The van der Waals surface area contributed by atoms with Gasteiger partial charge in [0.05, 0.1) is 0 Å². The van der Waals surface area contributed by atoms with Gasteiger partial charge >= 0.3 is 0 Å². The van der Waals surface area contributed by atoms with E-state index in [2.05, 4.69) is 4.99 Å². The van der Waals surface area contributed by atoms with E-state index in [1.807, 2.05) is 20.8 Å². The van der Waals surface area contributed by atoms with Gasteiger partial charge in [-0.2, -0.15) is 0 Å². The molecule has 0 saturated carbocycles. The molecule has 0 spiro atoms. The topological polar surface area (TPSA) is 29.4 Å². The third kappa shape index (κ3) is 5.22. The van der Waals surface area contributed by atoms with Crippen LogP contribution < -0.4 is 0 Å². The maximum Gasteiger partial charge on any atom is 0.269 e. The van der Waals surface area contributed by atoms with Gasteiger partial charge in [0, 0.05) is 12.3 Å². The molecule has 0 bridgehead atoms. The largest absolute Gasteiger partial charge is 0.269 e. The zero-order valence-electron chi connectivity index (χ0n) is 6.72. The van der Waals surface area contributed by atoms with E-state index in [9.17, 15) is 4.79 Å². The molecule has 0 heterocycles. The lowest BCUT2D eigenvalue weighted by Crippen LogP contribution is -1.87. The molecule has 0 saturated heterocycles. The van der Waals surface area contributed by atoms with Crippen LogP contribution in [0.25, 0.3) is 0 Å². The van der Waals surface area contributed by atoms with Gasteiger partial charge in [0.25, 0.3) is 5.91 Å². The molecule has 0 rings (SSSR count). The Balaban J connectivity index is 3.87. The molecular formula is C8H13NO. The van der Waals surface area contributed by atoms with E-state index < -0.39 is 0 Å². The first-order chi connectivity index (χ1) is 4.66. The fraction of sp³-hybridized carbons (Fsp3) is 0.500. The highest BCUT2D eigenvalue weighted by Gasteiger charge is 1.88. The van der Waals surface area contributed by atoms with Crippen LogP contribution in [-0.2, 0) is 4.79 Å². The fourth-order valence-corrected chi connectivity index (χ4v) is 0.465. The molecule has 1 amide bonds. The van der Waals surface area contributed by atoms with Gasteiger partial charge in [-0.25, -0.2) is 4.99 Å². The van der Waals surface area contributed by atoms with Gasteiger partial charge < -0.3 is 0 Å². The average Bonchev–Trinajstić information content (AvgIpc) is 1.82. The molecule has 0 aliphatic rings. The molecule has 2 heteroatoms. The van der Waals surface area contributed by atoms with Crippen LogP contribution in [0.2, 0.25) is 0 Å². The van der Waals surface area contributed by atoms with Crippen molar-refractivity contribution in [3.05, 3.63) is 11.6 Å². The molecule has 0 atom stereocenters. The Labute approximate surface area is 61.7 Å².